The number of aromatic nitrogens is 3. The summed E-state index contributed by atoms with van der Waals surface area (Å²) < 4.78 is 22.5. The summed E-state index contributed by atoms with van der Waals surface area (Å²) in [6.07, 6.45) is 7.95. The molecule has 240 valence electrons. The zero-order chi connectivity index (χ0) is 32.1. The Labute approximate surface area is 265 Å². The van der Waals surface area contributed by atoms with Crippen molar-refractivity contribution in [1.29, 1.82) is 0 Å². The molecule has 44 heavy (non-hydrogen) atoms. The van der Waals surface area contributed by atoms with Gasteiger partial charge in [-0.1, -0.05) is 55.9 Å². The lowest BCUT2D eigenvalue weighted by Gasteiger charge is -2.38. The molecule has 2 heterocycles. The molecule has 1 amide bonds. The van der Waals surface area contributed by atoms with Crippen molar-refractivity contribution in [2.24, 2.45) is 5.92 Å². The second-order valence-corrected chi connectivity index (χ2v) is 19.5. The normalized spacial score (nSPS) is 19.6. The van der Waals surface area contributed by atoms with Crippen LogP contribution in [0.3, 0.4) is 0 Å². The zero-order valence-electron chi connectivity index (χ0n) is 26.8. The number of aryl methyl sites for hydroxylation is 1. The van der Waals surface area contributed by atoms with E-state index in [2.05, 4.69) is 49.7 Å². The fourth-order valence-corrected chi connectivity index (χ4v) is 6.62. The Hall–Kier alpha value is -2.67. The largest absolute Gasteiger partial charge is 0.320 e. The number of piperidine rings is 1. The molecular weight excluding hydrogens is 598 g/mol. The van der Waals surface area contributed by atoms with E-state index in [0.29, 0.717) is 50.2 Å². The van der Waals surface area contributed by atoms with E-state index in [0.717, 1.165) is 24.8 Å². The van der Waals surface area contributed by atoms with Gasteiger partial charge in [-0.25, -0.2) is 9.87 Å². The predicted octanol–water partition coefficient (Wildman–Crippen LogP) is 6.10. The van der Waals surface area contributed by atoms with E-state index in [-0.39, 0.29) is 38.8 Å². The number of amides is 1. The monoisotopic (exact) mass is 643 g/mol. The molecule has 12 heteroatoms. The van der Waals surface area contributed by atoms with Crippen LogP contribution in [0.2, 0.25) is 18.1 Å². The lowest BCUT2D eigenvalue weighted by Crippen LogP contribution is -2.46. The van der Waals surface area contributed by atoms with E-state index in [1.807, 2.05) is 17.2 Å². The number of rotatable bonds is 13. The topological polar surface area (TPSA) is 106 Å². The standard InChI is InChI=1S/C32H46FN5O4SSi/c1-22(39)43-28-16-18-37(30(31(41)23-14-15-23)26-11-7-8-12-27(26)33)20-24(28)19-25-21-38(36-34-25)17-10-9-13-29(40)35-42-44(5,6)32(2,3)4/h7-8,11-12,19,21,23,28,30H,9-10,13-18,20H2,1-6H3,(H,35,40). The molecule has 1 aliphatic carbocycles. The zero-order valence-corrected chi connectivity index (χ0v) is 28.6. The number of carbonyl (C=O) groups excluding carboxylic acids is 3. The number of hydrogen-bond donors (Lipinski definition) is 1. The van der Waals surface area contributed by atoms with Crippen molar-refractivity contribution in [2.45, 2.75) is 102 Å². The number of halogens is 1. The Morgan fingerprint density at radius 1 is 1.18 bits per heavy atom. The van der Waals surface area contributed by atoms with Gasteiger partial charge in [0.05, 0.1) is 12.2 Å². The van der Waals surface area contributed by atoms with Gasteiger partial charge in [-0.05, 0) is 68.0 Å². The number of ketones is 1. The average Bonchev–Trinajstić information content (AvgIpc) is 3.71. The quantitative estimate of drug-likeness (QED) is 0.159. The van der Waals surface area contributed by atoms with E-state index < -0.39 is 14.4 Å². The summed E-state index contributed by atoms with van der Waals surface area (Å²) in [4.78, 5) is 39.9. The smallest absolute Gasteiger partial charge is 0.242 e. The van der Waals surface area contributed by atoms with Crippen LogP contribution in [-0.2, 0) is 25.5 Å². The van der Waals surface area contributed by atoms with Crippen molar-refractivity contribution in [3.8, 4) is 0 Å². The Morgan fingerprint density at radius 3 is 2.57 bits per heavy atom. The Bertz CT molecular complexity index is 1370. The second-order valence-electron chi connectivity index (χ2n) is 13.4. The van der Waals surface area contributed by atoms with Crippen LogP contribution in [0, 0.1) is 11.7 Å². The Kier molecular flexibility index (Phi) is 11.4. The van der Waals surface area contributed by atoms with Crippen molar-refractivity contribution >= 4 is 43.0 Å². The number of nitrogens with one attached hydrogen (secondary N) is 1. The molecule has 2 atom stereocenters. The van der Waals surface area contributed by atoms with Gasteiger partial charge in [0.25, 0.3) is 0 Å². The van der Waals surface area contributed by atoms with Gasteiger partial charge in [0.2, 0.25) is 14.2 Å². The molecule has 2 aromatic rings. The van der Waals surface area contributed by atoms with E-state index in [1.54, 1.807) is 29.8 Å². The van der Waals surface area contributed by atoms with Gasteiger partial charge >= 0.3 is 0 Å². The van der Waals surface area contributed by atoms with E-state index in [4.69, 9.17) is 4.53 Å². The highest BCUT2D eigenvalue weighted by atomic mass is 32.2. The van der Waals surface area contributed by atoms with Crippen molar-refractivity contribution in [3.63, 3.8) is 0 Å². The van der Waals surface area contributed by atoms with E-state index >= 15 is 0 Å². The number of nitrogens with zero attached hydrogens (tertiary/aromatic N) is 4. The van der Waals surface area contributed by atoms with Crippen LogP contribution in [0.5, 0.6) is 0 Å². The highest BCUT2D eigenvalue weighted by Gasteiger charge is 2.41. The minimum atomic E-state index is -2.05. The molecule has 2 fully saturated rings. The van der Waals surface area contributed by atoms with Gasteiger partial charge in [0.1, 0.15) is 11.5 Å². The minimum Gasteiger partial charge on any atom is -0.320 e. The maximum atomic E-state index is 14.9. The molecular formula is C32H46FN5O4SSi. The number of hydrogen-bond acceptors (Lipinski definition) is 8. The van der Waals surface area contributed by atoms with Crippen LogP contribution in [0.4, 0.5) is 4.39 Å². The molecule has 1 aromatic carbocycles. The number of hydroxylamine groups is 1. The molecule has 2 aliphatic rings. The van der Waals surface area contributed by atoms with Crippen LogP contribution in [0.15, 0.2) is 36.0 Å². The van der Waals surface area contributed by atoms with Crippen LogP contribution in [-0.4, -0.2) is 63.4 Å². The molecule has 9 nitrogen and oxygen atoms in total. The number of unbranched alkanes of at least 4 members (excludes halogenated alkanes) is 1. The summed E-state index contributed by atoms with van der Waals surface area (Å²) in [6.45, 7) is 13.7. The lowest BCUT2D eigenvalue weighted by molar-refractivity contribution is -0.128. The first-order valence-corrected chi connectivity index (χ1v) is 19.3. The molecule has 2 unspecified atom stereocenters. The number of benzene rings is 1. The summed E-state index contributed by atoms with van der Waals surface area (Å²) in [7, 11) is -2.05. The molecule has 1 saturated heterocycles. The van der Waals surface area contributed by atoms with Gasteiger partial charge in [-0.2, -0.15) is 0 Å². The molecule has 0 radical (unpaired) electrons. The van der Waals surface area contributed by atoms with Gasteiger partial charge in [-0.3, -0.25) is 24.0 Å². The molecule has 1 saturated carbocycles. The summed E-state index contributed by atoms with van der Waals surface area (Å²) in [6, 6.07) is 5.87. The van der Waals surface area contributed by atoms with Crippen LogP contribution in [0.1, 0.15) is 83.5 Å². The highest BCUT2D eigenvalue weighted by Crippen LogP contribution is 2.41. The van der Waals surface area contributed by atoms with Crippen LogP contribution < -0.4 is 5.48 Å². The predicted molar refractivity (Wildman–Crippen MR) is 173 cm³/mol. The summed E-state index contributed by atoms with van der Waals surface area (Å²) >= 11 is 1.28. The van der Waals surface area contributed by atoms with Crippen molar-refractivity contribution in [2.75, 3.05) is 13.1 Å². The third-order valence-electron chi connectivity index (χ3n) is 8.76. The van der Waals surface area contributed by atoms with Gasteiger partial charge in [0, 0.05) is 49.7 Å². The number of carbonyl (C=O) groups is 3. The summed E-state index contributed by atoms with van der Waals surface area (Å²) in [5.41, 5.74) is 4.68. The van der Waals surface area contributed by atoms with E-state index in [9.17, 15) is 18.8 Å². The van der Waals surface area contributed by atoms with Gasteiger partial charge in [0.15, 0.2) is 10.9 Å². The van der Waals surface area contributed by atoms with Crippen molar-refractivity contribution in [3.05, 3.63) is 53.1 Å². The maximum absolute atomic E-state index is 14.9. The number of Topliss-reactive ketones (excluding diaryl/α,β-unsaturated/α-hetero) is 1. The first-order chi connectivity index (χ1) is 20.7. The van der Waals surface area contributed by atoms with Crippen molar-refractivity contribution in [1.82, 2.24) is 25.4 Å². The van der Waals surface area contributed by atoms with E-state index in [1.165, 1.54) is 17.8 Å². The molecule has 0 bridgehead atoms. The Morgan fingerprint density at radius 2 is 1.91 bits per heavy atom. The lowest BCUT2D eigenvalue weighted by atomic mass is 9.93. The first-order valence-electron chi connectivity index (χ1n) is 15.5. The van der Waals surface area contributed by atoms with Crippen LogP contribution >= 0.6 is 11.8 Å². The average molecular weight is 644 g/mol. The molecule has 1 aromatic heterocycles. The maximum Gasteiger partial charge on any atom is 0.242 e. The highest BCUT2D eigenvalue weighted by molar-refractivity contribution is 8.14. The third-order valence-corrected chi connectivity index (χ3v) is 14.1. The molecule has 0 spiro atoms. The van der Waals surface area contributed by atoms with Crippen LogP contribution in [0.25, 0.3) is 6.08 Å². The van der Waals surface area contributed by atoms with Crippen molar-refractivity contribution < 1.29 is 23.3 Å². The molecule has 1 N–H and O–H groups in total. The fourth-order valence-electron chi connectivity index (χ4n) is 5.02. The SMILES string of the molecule is CC(=O)SC1CCN(C(C(=O)C2CC2)c2ccccc2F)CC1=Cc1cn(CCCCC(=O)NO[Si](C)(C)C(C)(C)C)nn1. The Balaban J connectivity index is 1.39. The van der Waals surface area contributed by atoms with Gasteiger partial charge in [-0.15, -0.1) is 5.10 Å². The van der Waals surface area contributed by atoms with Gasteiger partial charge < -0.3 is 4.53 Å². The second kappa shape index (κ2) is 14.6. The third kappa shape index (κ3) is 9.18. The first kappa shape index (κ1) is 34.2. The fraction of sp³-hybridized carbons (Fsp3) is 0.594. The molecule has 1 aliphatic heterocycles. The molecule has 4 rings (SSSR count). The minimum absolute atomic E-state index is 0.0105. The summed E-state index contributed by atoms with van der Waals surface area (Å²) in [5, 5.41) is 8.58. The number of thioether (sulfide) groups is 1. The number of likely N-dealkylation sites (tertiary alicyclic amines) is 1. The summed E-state index contributed by atoms with van der Waals surface area (Å²) in [5.74, 6) is -0.449.